The maximum absolute atomic E-state index is 11.4. The van der Waals surface area contributed by atoms with Gasteiger partial charge in [0.15, 0.2) is 0 Å². The molecule has 0 unspecified atom stereocenters. The van der Waals surface area contributed by atoms with E-state index in [9.17, 15) is 4.79 Å². The molecule has 4 heteroatoms. The van der Waals surface area contributed by atoms with E-state index in [2.05, 4.69) is 12.1 Å². The Hall–Kier alpha value is -1.81. The summed E-state index contributed by atoms with van der Waals surface area (Å²) in [5, 5.41) is 0. The smallest absolute Gasteiger partial charge is 0.274 e. The summed E-state index contributed by atoms with van der Waals surface area (Å²) in [7, 11) is 1.57. The zero-order valence-electron chi connectivity index (χ0n) is 8.53. The van der Waals surface area contributed by atoms with Crippen LogP contribution >= 0.6 is 0 Å². The first-order valence-electron chi connectivity index (χ1n) is 4.45. The second kappa shape index (κ2) is 5.82. The minimum absolute atomic E-state index is 0.280. The number of benzene rings is 1. The molecule has 0 heterocycles. The number of rotatable bonds is 5. The number of carbonyl (C=O) groups is 1. The van der Waals surface area contributed by atoms with Gasteiger partial charge in [0.25, 0.3) is 5.91 Å². The van der Waals surface area contributed by atoms with Crippen LogP contribution in [0.25, 0.3) is 0 Å². The van der Waals surface area contributed by atoms with Crippen molar-refractivity contribution in [1.82, 2.24) is 5.48 Å². The third-order valence-electron chi connectivity index (χ3n) is 1.72. The molecule has 1 aromatic rings. The summed E-state index contributed by atoms with van der Waals surface area (Å²) in [5.74, 6) is 0.415. The number of amides is 1. The topological polar surface area (TPSA) is 47.6 Å². The first-order valence-corrected chi connectivity index (χ1v) is 4.45. The number of methoxy groups -OCH3 is 1. The zero-order valence-corrected chi connectivity index (χ0v) is 8.53. The molecule has 0 spiro atoms. The summed E-state index contributed by atoms with van der Waals surface area (Å²) in [5.41, 5.74) is 2.80. The lowest BCUT2D eigenvalue weighted by Gasteiger charge is -2.04. The molecule has 1 amide bonds. The van der Waals surface area contributed by atoms with E-state index in [1.165, 1.54) is 0 Å². The normalized spacial score (nSPS) is 9.40. The second-order valence-corrected chi connectivity index (χ2v) is 2.76. The second-order valence-electron chi connectivity index (χ2n) is 2.76. The number of hydroxylamine groups is 1. The Balaban J connectivity index is 2.54. The Morgan fingerprint density at radius 3 is 2.67 bits per heavy atom. The van der Waals surface area contributed by atoms with Crippen LogP contribution in [0.4, 0.5) is 0 Å². The third kappa shape index (κ3) is 3.44. The summed E-state index contributed by atoms with van der Waals surface area (Å²) in [6.45, 7) is 3.74. The largest absolute Gasteiger partial charge is 0.497 e. The lowest BCUT2D eigenvalue weighted by Crippen LogP contribution is -2.23. The summed E-state index contributed by atoms with van der Waals surface area (Å²) in [6, 6.07) is 6.74. The molecule has 1 N–H and O–H groups in total. The van der Waals surface area contributed by atoms with Gasteiger partial charge in [-0.25, -0.2) is 5.48 Å². The van der Waals surface area contributed by atoms with E-state index in [1.807, 2.05) is 0 Å². The standard InChI is InChI=1S/C11H13NO3/c1-3-8-15-12-11(13)9-4-6-10(14-2)7-5-9/h3-7H,1,8H2,2H3,(H,12,13). The van der Waals surface area contributed by atoms with Gasteiger partial charge in [0.05, 0.1) is 13.7 Å². The minimum Gasteiger partial charge on any atom is -0.497 e. The van der Waals surface area contributed by atoms with Crippen molar-refractivity contribution in [3.05, 3.63) is 42.5 Å². The zero-order chi connectivity index (χ0) is 11.1. The van der Waals surface area contributed by atoms with Crippen molar-refractivity contribution in [2.75, 3.05) is 13.7 Å². The van der Waals surface area contributed by atoms with Crippen LogP contribution in [0, 0.1) is 0 Å². The monoisotopic (exact) mass is 207 g/mol. The summed E-state index contributed by atoms with van der Waals surface area (Å²) >= 11 is 0. The highest BCUT2D eigenvalue weighted by molar-refractivity contribution is 5.93. The molecule has 15 heavy (non-hydrogen) atoms. The van der Waals surface area contributed by atoms with Crippen LogP contribution in [0.5, 0.6) is 5.75 Å². The molecule has 0 aliphatic heterocycles. The molecule has 80 valence electrons. The van der Waals surface area contributed by atoms with Gasteiger partial charge in [0.2, 0.25) is 0 Å². The Morgan fingerprint density at radius 2 is 2.13 bits per heavy atom. The number of ether oxygens (including phenoxy) is 1. The molecule has 0 bridgehead atoms. The van der Waals surface area contributed by atoms with Gasteiger partial charge in [-0.05, 0) is 24.3 Å². The van der Waals surface area contributed by atoms with Crippen molar-refractivity contribution >= 4 is 5.91 Å². The molecule has 0 saturated heterocycles. The van der Waals surface area contributed by atoms with Gasteiger partial charge in [-0.2, -0.15) is 0 Å². The van der Waals surface area contributed by atoms with Gasteiger partial charge in [-0.3, -0.25) is 9.63 Å². The fourth-order valence-electron chi connectivity index (χ4n) is 0.967. The molecule has 0 aliphatic rings. The number of carbonyl (C=O) groups excluding carboxylic acids is 1. The van der Waals surface area contributed by atoms with Gasteiger partial charge >= 0.3 is 0 Å². The van der Waals surface area contributed by atoms with Gasteiger partial charge in [0.1, 0.15) is 5.75 Å². The minimum atomic E-state index is -0.292. The molecule has 0 aliphatic carbocycles. The Labute approximate surface area is 88.5 Å². The predicted molar refractivity (Wildman–Crippen MR) is 56.6 cm³/mol. The van der Waals surface area contributed by atoms with E-state index in [-0.39, 0.29) is 12.5 Å². The maximum atomic E-state index is 11.4. The van der Waals surface area contributed by atoms with Crippen molar-refractivity contribution in [3.8, 4) is 5.75 Å². The van der Waals surface area contributed by atoms with Crippen LogP contribution in [-0.4, -0.2) is 19.6 Å². The van der Waals surface area contributed by atoms with E-state index < -0.39 is 0 Å². The van der Waals surface area contributed by atoms with Crippen LogP contribution < -0.4 is 10.2 Å². The van der Waals surface area contributed by atoms with Gasteiger partial charge in [0, 0.05) is 5.56 Å². The predicted octanol–water partition coefficient (Wildman–Crippen LogP) is 1.54. The first kappa shape index (κ1) is 11.3. The van der Waals surface area contributed by atoms with Crippen LogP contribution in [0.3, 0.4) is 0 Å². The quantitative estimate of drug-likeness (QED) is 0.452. The maximum Gasteiger partial charge on any atom is 0.274 e. The number of nitrogens with one attached hydrogen (secondary N) is 1. The van der Waals surface area contributed by atoms with Gasteiger partial charge in [-0.1, -0.05) is 6.08 Å². The Kier molecular flexibility index (Phi) is 4.37. The molecule has 0 radical (unpaired) electrons. The van der Waals surface area contributed by atoms with E-state index in [4.69, 9.17) is 9.57 Å². The van der Waals surface area contributed by atoms with E-state index in [0.717, 1.165) is 0 Å². The third-order valence-corrected chi connectivity index (χ3v) is 1.72. The molecule has 0 fully saturated rings. The lowest BCUT2D eigenvalue weighted by atomic mass is 10.2. The molecular weight excluding hydrogens is 194 g/mol. The van der Waals surface area contributed by atoms with Crippen LogP contribution in [0.2, 0.25) is 0 Å². The highest BCUT2D eigenvalue weighted by Gasteiger charge is 2.04. The average molecular weight is 207 g/mol. The van der Waals surface area contributed by atoms with Crippen LogP contribution in [-0.2, 0) is 4.84 Å². The Bertz CT molecular complexity index is 332. The molecule has 1 rings (SSSR count). The Morgan fingerprint density at radius 1 is 1.47 bits per heavy atom. The highest BCUT2D eigenvalue weighted by atomic mass is 16.6. The fourth-order valence-corrected chi connectivity index (χ4v) is 0.967. The van der Waals surface area contributed by atoms with E-state index >= 15 is 0 Å². The summed E-state index contributed by atoms with van der Waals surface area (Å²) in [6.07, 6.45) is 1.55. The van der Waals surface area contributed by atoms with Crippen molar-refractivity contribution in [2.45, 2.75) is 0 Å². The molecule has 0 saturated carbocycles. The van der Waals surface area contributed by atoms with Crippen LogP contribution in [0.1, 0.15) is 10.4 Å². The number of hydrogen-bond donors (Lipinski definition) is 1. The number of hydrogen-bond acceptors (Lipinski definition) is 3. The van der Waals surface area contributed by atoms with Crippen molar-refractivity contribution in [2.24, 2.45) is 0 Å². The van der Waals surface area contributed by atoms with Crippen LogP contribution in [0.15, 0.2) is 36.9 Å². The average Bonchev–Trinajstić information content (AvgIpc) is 2.29. The SMILES string of the molecule is C=CCONC(=O)c1ccc(OC)cc1. The fraction of sp³-hybridized carbons (Fsp3) is 0.182. The van der Waals surface area contributed by atoms with Crippen molar-refractivity contribution in [1.29, 1.82) is 0 Å². The summed E-state index contributed by atoms with van der Waals surface area (Å²) < 4.78 is 4.97. The van der Waals surface area contributed by atoms with Gasteiger partial charge < -0.3 is 4.74 Å². The molecule has 0 aromatic heterocycles. The molecular formula is C11H13NO3. The molecule has 0 atom stereocenters. The lowest BCUT2D eigenvalue weighted by molar-refractivity contribution is 0.0421. The van der Waals surface area contributed by atoms with E-state index in [0.29, 0.717) is 11.3 Å². The highest BCUT2D eigenvalue weighted by Crippen LogP contribution is 2.10. The molecule has 1 aromatic carbocycles. The molecule has 4 nitrogen and oxygen atoms in total. The van der Waals surface area contributed by atoms with E-state index in [1.54, 1.807) is 37.5 Å². The van der Waals surface area contributed by atoms with Gasteiger partial charge in [-0.15, -0.1) is 6.58 Å². The van der Waals surface area contributed by atoms with Crippen molar-refractivity contribution < 1.29 is 14.4 Å². The summed E-state index contributed by atoms with van der Waals surface area (Å²) in [4.78, 5) is 16.2. The first-order chi connectivity index (χ1) is 7.27. The van der Waals surface area contributed by atoms with Crippen molar-refractivity contribution in [3.63, 3.8) is 0 Å².